The summed E-state index contributed by atoms with van der Waals surface area (Å²) in [4.78, 5) is 11.8. The average Bonchev–Trinajstić information content (AvgIpc) is 2.48. The van der Waals surface area contributed by atoms with Gasteiger partial charge >= 0.3 is 5.97 Å². The van der Waals surface area contributed by atoms with Gasteiger partial charge in [-0.15, -0.1) is 0 Å². The molecule has 0 amide bonds. The first-order valence-corrected chi connectivity index (χ1v) is 8.12. The normalized spacial score (nSPS) is 10.6. The van der Waals surface area contributed by atoms with E-state index in [9.17, 15) is 9.90 Å². The van der Waals surface area contributed by atoms with Gasteiger partial charge in [-0.3, -0.25) is 0 Å². The summed E-state index contributed by atoms with van der Waals surface area (Å²) in [7, 11) is 0. The van der Waals surface area contributed by atoms with Crippen molar-refractivity contribution in [1.82, 2.24) is 0 Å². The van der Waals surface area contributed by atoms with E-state index in [0.717, 1.165) is 12.8 Å². The van der Waals surface area contributed by atoms with Gasteiger partial charge in [-0.2, -0.15) is 0 Å². The lowest BCUT2D eigenvalue weighted by molar-refractivity contribution is 0.0494. The van der Waals surface area contributed by atoms with Gasteiger partial charge in [-0.25, -0.2) is 4.79 Å². The van der Waals surface area contributed by atoms with Gasteiger partial charge in [0, 0.05) is 0 Å². The highest BCUT2D eigenvalue weighted by Crippen LogP contribution is 2.22. The molecule has 0 aliphatic rings. The number of phenolic OH excluding ortho intramolecular Hbond substituents is 1. The highest BCUT2D eigenvalue weighted by atomic mass is 16.5. The molecule has 1 N–H and O–H groups in total. The molecule has 3 nitrogen and oxygen atoms in total. The van der Waals surface area contributed by atoms with Crippen LogP contribution < -0.4 is 0 Å². The van der Waals surface area contributed by atoms with Crippen molar-refractivity contribution in [2.24, 2.45) is 0 Å². The first-order chi connectivity index (χ1) is 10.2. The third-order valence-corrected chi connectivity index (χ3v) is 3.69. The van der Waals surface area contributed by atoms with E-state index in [2.05, 4.69) is 6.92 Å². The monoisotopic (exact) mass is 292 g/mol. The second kappa shape index (κ2) is 10.3. The van der Waals surface area contributed by atoms with Crippen LogP contribution in [0.5, 0.6) is 5.75 Å². The third-order valence-electron chi connectivity index (χ3n) is 3.69. The molecule has 3 heteroatoms. The van der Waals surface area contributed by atoms with Crippen LogP contribution in [0.2, 0.25) is 0 Å². The van der Waals surface area contributed by atoms with Crippen molar-refractivity contribution in [2.75, 3.05) is 6.61 Å². The van der Waals surface area contributed by atoms with E-state index in [1.54, 1.807) is 25.1 Å². The first kappa shape index (κ1) is 17.5. The van der Waals surface area contributed by atoms with Gasteiger partial charge in [-0.05, 0) is 25.0 Å². The summed E-state index contributed by atoms with van der Waals surface area (Å²) in [6.45, 7) is 4.42. The van der Waals surface area contributed by atoms with Crippen molar-refractivity contribution < 1.29 is 14.6 Å². The number of para-hydroxylation sites is 1. The Kier molecular flexibility index (Phi) is 8.56. The standard InChI is InChI=1S/C18H28O3/c1-3-4-5-6-7-8-9-10-14-21-18(20)16-13-11-12-15(2)17(16)19/h11-13,19H,3-10,14H2,1-2H3. The minimum absolute atomic E-state index is 0.0263. The number of aromatic hydroxyl groups is 1. The number of phenols is 1. The molecule has 1 aromatic rings. The Balaban J connectivity index is 2.13. The van der Waals surface area contributed by atoms with Gasteiger partial charge in [0.25, 0.3) is 0 Å². The summed E-state index contributed by atoms with van der Waals surface area (Å²) in [5.74, 6) is -0.405. The van der Waals surface area contributed by atoms with Gasteiger partial charge in [0.2, 0.25) is 0 Å². The Morgan fingerprint density at radius 3 is 2.33 bits per heavy atom. The number of hydrogen-bond acceptors (Lipinski definition) is 3. The van der Waals surface area contributed by atoms with Gasteiger partial charge in [0.1, 0.15) is 11.3 Å². The predicted molar refractivity (Wildman–Crippen MR) is 85.7 cm³/mol. The Labute approximate surface area is 128 Å². The molecule has 0 radical (unpaired) electrons. The van der Waals surface area contributed by atoms with Crippen molar-refractivity contribution in [1.29, 1.82) is 0 Å². The number of esters is 1. The van der Waals surface area contributed by atoms with Gasteiger partial charge < -0.3 is 9.84 Å². The molecule has 0 heterocycles. The van der Waals surface area contributed by atoms with Crippen LogP contribution in [0.4, 0.5) is 0 Å². The van der Waals surface area contributed by atoms with Crippen molar-refractivity contribution in [3.05, 3.63) is 29.3 Å². The van der Waals surface area contributed by atoms with Gasteiger partial charge in [0.05, 0.1) is 6.61 Å². The maximum absolute atomic E-state index is 11.8. The quantitative estimate of drug-likeness (QED) is 0.487. The molecular formula is C18H28O3. The lowest BCUT2D eigenvalue weighted by Gasteiger charge is -2.07. The minimum Gasteiger partial charge on any atom is -0.507 e. The summed E-state index contributed by atoms with van der Waals surface area (Å²) in [6.07, 6.45) is 9.72. The molecule has 1 rings (SSSR count). The van der Waals surface area contributed by atoms with E-state index >= 15 is 0 Å². The molecule has 0 unspecified atom stereocenters. The van der Waals surface area contributed by atoms with Crippen molar-refractivity contribution in [2.45, 2.75) is 65.2 Å². The van der Waals surface area contributed by atoms with E-state index in [-0.39, 0.29) is 11.3 Å². The van der Waals surface area contributed by atoms with Crippen LogP contribution in [-0.4, -0.2) is 17.7 Å². The molecule has 21 heavy (non-hydrogen) atoms. The molecule has 0 atom stereocenters. The van der Waals surface area contributed by atoms with E-state index < -0.39 is 5.97 Å². The second-order valence-electron chi connectivity index (χ2n) is 5.58. The van der Waals surface area contributed by atoms with E-state index in [1.807, 2.05) is 0 Å². The zero-order valence-corrected chi connectivity index (χ0v) is 13.4. The Bertz CT molecular complexity index is 426. The number of benzene rings is 1. The largest absolute Gasteiger partial charge is 0.507 e. The highest BCUT2D eigenvalue weighted by molar-refractivity contribution is 5.92. The molecule has 0 aliphatic carbocycles. The molecule has 0 aromatic heterocycles. The number of aryl methyl sites for hydroxylation is 1. The SMILES string of the molecule is CCCCCCCCCCOC(=O)c1cccc(C)c1O. The maximum atomic E-state index is 11.8. The van der Waals surface area contributed by atoms with Gasteiger partial charge in [0.15, 0.2) is 0 Å². The fourth-order valence-corrected chi connectivity index (χ4v) is 2.30. The molecule has 0 saturated carbocycles. The molecule has 0 spiro atoms. The third kappa shape index (κ3) is 6.65. The number of carbonyl (C=O) groups is 1. The van der Waals surface area contributed by atoms with Crippen LogP contribution in [0.1, 0.15) is 74.2 Å². The lowest BCUT2D eigenvalue weighted by Crippen LogP contribution is -2.07. The zero-order valence-electron chi connectivity index (χ0n) is 13.4. The molecule has 0 fully saturated rings. The summed E-state index contributed by atoms with van der Waals surface area (Å²) in [6, 6.07) is 5.12. The van der Waals surface area contributed by atoms with Crippen molar-refractivity contribution in [3.8, 4) is 5.75 Å². The minimum atomic E-state index is -0.431. The van der Waals surface area contributed by atoms with Crippen molar-refractivity contribution >= 4 is 5.97 Å². The number of carbonyl (C=O) groups excluding carboxylic acids is 1. The average molecular weight is 292 g/mol. The molecule has 0 aliphatic heterocycles. The highest BCUT2D eigenvalue weighted by Gasteiger charge is 2.13. The summed E-state index contributed by atoms with van der Waals surface area (Å²) < 4.78 is 5.21. The number of ether oxygens (including phenoxy) is 1. The van der Waals surface area contributed by atoms with E-state index in [4.69, 9.17) is 4.74 Å². The lowest BCUT2D eigenvalue weighted by atomic mass is 10.1. The number of hydrogen-bond donors (Lipinski definition) is 1. The van der Waals surface area contributed by atoms with Gasteiger partial charge in [-0.1, -0.05) is 64.0 Å². The maximum Gasteiger partial charge on any atom is 0.341 e. The Morgan fingerprint density at radius 1 is 1.05 bits per heavy atom. The molecule has 1 aromatic carbocycles. The number of rotatable bonds is 10. The predicted octanol–water partition coefficient (Wildman–Crippen LogP) is 5.00. The van der Waals surface area contributed by atoms with E-state index in [1.165, 1.54) is 38.5 Å². The smallest absolute Gasteiger partial charge is 0.341 e. The number of unbranched alkanes of at least 4 members (excludes halogenated alkanes) is 7. The summed E-state index contributed by atoms with van der Waals surface area (Å²) >= 11 is 0. The molecular weight excluding hydrogens is 264 g/mol. The van der Waals surface area contributed by atoms with Crippen LogP contribution in [0, 0.1) is 6.92 Å². The Hall–Kier alpha value is -1.51. The summed E-state index contributed by atoms with van der Waals surface area (Å²) in [5.41, 5.74) is 0.950. The van der Waals surface area contributed by atoms with Crippen LogP contribution in [0.3, 0.4) is 0 Å². The fraction of sp³-hybridized carbons (Fsp3) is 0.611. The first-order valence-electron chi connectivity index (χ1n) is 8.12. The van der Waals surface area contributed by atoms with Crippen molar-refractivity contribution in [3.63, 3.8) is 0 Å². The molecule has 0 saturated heterocycles. The topological polar surface area (TPSA) is 46.5 Å². The zero-order chi connectivity index (χ0) is 15.5. The Morgan fingerprint density at radius 2 is 1.67 bits per heavy atom. The van der Waals surface area contributed by atoms with Crippen LogP contribution in [-0.2, 0) is 4.74 Å². The summed E-state index contributed by atoms with van der Waals surface area (Å²) in [5, 5.41) is 9.81. The van der Waals surface area contributed by atoms with E-state index in [0.29, 0.717) is 12.2 Å². The van der Waals surface area contributed by atoms with Crippen LogP contribution >= 0.6 is 0 Å². The van der Waals surface area contributed by atoms with Crippen LogP contribution in [0.25, 0.3) is 0 Å². The second-order valence-corrected chi connectivity index (χ2v) is 5.58. The molecule has 0 bridgehead atoms. The molecule has 118 valence electrons. The fourth-order valence-electron chi connectivity index (χ4n) is 2.30. The van der Waals surface area contributed by atoms with Crippen LogP contribution in [0.15, 0.2) is 18.2 Å².